The third-order valence-corrected chi connectivity index (χ3v) is 3.11. The number of hydrogen-bond donors (Lipinski definition) is 1. The molecule has 0 bridgehead atoms. The largest absolute Gasteiger partial charge is 0.493 e. The second-order valence-corrected chi connectivity index (χ2v) is 5.86. The van der Waals surface area contributed by atoms with Crippen LogP contribution in [-0.4, -0.2) is 19.7 Å². The smallest absolute Gasteiger partial charge is 0.123 e. The predicted octanol–water partition coefficient (Wildman–Crippen LogP) is 3.17. The fourth-order valence-corrected chi connectivity index (χ4v) is 1.93. The van der Waals surface area contributed by atoms with Gasteiger partial charge in [0.25, 0.3) is 0 Å². The Bertz CT molecular complexity index is 455. The first kappa shape index (κ1) is 15.5. The Morgan fingerprint density at radius 3 is 2.58 bits per heavy atom. The van der Waals surface area contributed by atoms with E-state index in [9.17, 15) is 0 Å². The molecular formula is C16H24N2O. The molecule has 1 aromatic rings. The highest BCUT2D eigenvalue weighted by Gasteiger charge is 2.19. The zero-order chi connectivity index (χ0) is 14.5. The zero-order valence-corrected chi connectivity index (χ0v) is 12.6. The third-order valence-electron chi connectivity index (χ3n) is 3.11. The Kier molecular flexibility index (Phi) is 5.38. The van der Waals surface area contributed by atoms with Crippen LogP contribution < -0.4 is 10.1 Å². The van der Waals surface area contributed by atoms with E-state index in [1.807, 2.05) is 0 Å². The van der Waals surface area contributed by atoms with Crippen molar-refractivity contribution in [1.29, 1.82) is 5.26 Å². The summed E-state index contributed by atoms with van der Waals surface area (Å²) in [5.74, 6) is 0.931. The Hall–Kier alpha value is -1.53. The monoisotopic (exact) mass is 260 g/mol. The SMILES string of the molecule is CNC(C#N)CCOc1cc(C)ccc1C(C)(C)C. The number of nitrogens with one attached hydrogen (secondary N) is 1. The van der Waals surface area contributed by atoms with E-state index in [0.29, 0.717) is 13.0 Å². The minimum Gasteiger partial charge on any atom is -0.493 e. The molecule has 0 radical (unpaired) electrons. The molecule has 0 aliphatic carbocycles. The van der Waals surface area contributed by atoms with Gasteiger partial charge in [0.2, 0.25) is 0 Å². The summed E-state index contributed by atoms with van der Waals surface area (Å²) in [7, 11) is 1.79. The van der Waals surface area contributed by atoms with Gasteiger partial charge in [-0.25, -0.2) is 0 Å². The number of benzene rings is 1. The lowest BCUT2D eigenvalue weighted by molar-refractivity contribution is 0.292. The summed E-state index contributed by atoms with van der Waals surface area (Å²) in [4.78, 5) is 0. The van der Waals surface area contributed by atoms with Gasteiger partial charge >= 0.3 is 0 Å². The molecule has 1 atom stereocenters. The van der Waals surface area contributed by atoms with Crippen LogP contribution in [0.4, 0.5) is 0 Å². The van der Waals surface area contributed by atoms with Crippen molar-refractivity contribution in [1.82, 2.24) is 5.32 Å². The Labute approximate surface area is 116 Å². The maximum atomic E-state index is 8.88. The van der Waals surface area contributed by atoms with E-state index in [1.54, 1.807) is 7.05 Å². The molecule has 1 aromatic carbocycles. The maximum Gasteiger partial charge on any atom is 0.123 e. The summed E-state index contributed by atoms with van der Waals surface area (Å²) in [5, 5.41) is 11.8. The summed E-state index contributed by atoms with van der Waals surface area (Å²) in [5.41, 5.74) is 2.45. The van der Waals surface area contributed by atoms with Gasteiger partial charge in [0.05, 0.1) is 18.7 Å². The quantitative estimate of drug-likeness (QED) is 0.884. The minimum atomic E-state index is -0.150. The summed E-state index contributed by atoms with van der Waals surface area (Å²) in [6.07, 6.45) is 0.685. The molecule has 19 heavy (non-hydrogen) atoms. The number of nitrogens with zero attached hydrogens (tertiary/aromatic N) is 1. The fourth-order valence-electron chi connectivity index (χ4n) is 1.93. The third kappa shape index (κ3) is 4.57. The maximum absolute atomic E-state index is 8.88. The van der Waals surface area contributed by atoms with E-state index in [-0.39, 0.29) is 11.5 Å². The van der Waals surface area contributed by atoms with Gasteiger partial charge in [-0.05, 0) is 36.6 Å². The van der Waals surface area contributed by atoms with E-state index in [0.717, 1.165) is 5.75 Å². The number of nitriles is 1. The lowest BCUT2D eigenvalue weighted by Gasteiger charge is -2.23. The highest BCUT2D eigenvalue weighted by atomic mass is 16.5. The minimum absolute atomic E-state index is 0.0562. The zero-order valence-electron chi connectivity index (χ0n) is 12.6. The highest BCUT2D eigenvalue weighted by Crippen LogP contribution is 2.32. The van der Waals surface area contributed by atoms with Crippen LogP contribution in [0.5, 0.6) is 5.75 Å². The van der Waals surface area contributed by atoms with Gasteiger partial charge in [-0.15, -0.1) is 0 Å². The molecule has 0 amide bonds. The molecule has 0 saturated carbocycles. The van der Waals surface area contributed by atoms with E-state index < -0.39 is 0 Å². The van der Waals surface area contributed by atoms with Crippen LogP contribution in [0.3, 0.4) is 0 Å². The van der Waals surface area contributed by atoms with Crippen LogP contribution in [0.25, 0.3) is 0 Å². The van der Waals surface area contributed by atoms with Gasteiger partial charge < -0.3 is 10.1 Å². The second-order valence-electron chi connectivity index (χ2n) is 5.86. The van der Waals surface area contributed by atoms with Gasteiger partial charge in [0, 0.05) is 6.42 Å². The first-order valence-corrected chi connectivity index (χ1v) is 6.69. The number of aryl methyl sites for hydroxylation is 1. The van der Waals surface area contributed by atoms with Crippen molar-refractivity contribution in [3.05, 3.63) is 29.3 Å². The average molecular weight is 260 g/mol. The van der Waals surface area contributed by atoms with Gasteiger partial charge in [-0.2, -0.15) is 5.26 Å². The Morgan fingerprint density at radius 2 is 2.05 bits per heavy atom. The molecule has 3 heteroatoms. The van der Waals surface area contributed by atoms with Crippen molar-refractivity contribution in [2.75, 3.05) is 13.7 Å². The average Bonchev–Trinajstić information content (AvgIpc) is 2.33. The fraction of sp³-hybridized carbons (Fsp3) is 0.562. The van der Waals surface area contributed by atoms with Crippen LogP contribution >= 0.6 is 0 Å². The van der Waals surface area contributed by atoms with Crippen molar-refractivity contribution in [3.8, 4) is 11.8 Å². The van der Waals surface area contributed by atoms with Crippen molar-refractivity contribution in [3.63, 3.8) is 0 Å². The number of ether oxygens (including phenoxy) is 1. The topological polar surface area (TPSA) is 45.0 Å². The van der Waals surface area contributed by atoms with Gasteiger partial charge in [-0.1, -0.05) is 32.9 Å². The molecule has 0 fully saturated rings. The second kappa shape index (κ2) is 6.58. The van der Waals surface area contributed by atoms with Gasteiger partial charge in [-0.3, -0.25) is 0 Å². The summed E-state index contributed by atoms with van der Waals surface area (Å²) < 4.78 is 5.89. The molecule has 1 unspecified atom stereocenters. The molecule has 1 N–H and O–H groups in total. The highest BCUT2D eigenvalue weighted by molar-refractivity contribution is 5.41. The van der Waals surface area contributed by atoms with E-state index >= 15 is 0 Å². The van der Waals surface area contributed by atoms with Crippen LogP contribution in [0.1, 0.15) is 38.3 Å². The Balaban J connectivity index is 2.77. The van der Waals surface area contributed by atoms with E-state index in [2.05, 4.69) is 57.3 Å². The number of hydrogen-bond acceptors (Lipinski definition) is 3. The summed E-state index contributed by atoms with van der Waals surface area (Å²) in [6, 6.07) is 8.36. The summed E-state index contributed by atoms with van der Waals surface area (Å²) >= 11 is 0. The molecule has 104 valence electrons. The number of rotatable bonds is 5. The lowest BCUT2D eigenvalue weighted by Crippen LogP contribution is -2.25. The molecular weight excluding hydrogens is 236 g/mol. The van der Waals surface area contributed by atoms with Crippen molar-refractivity contribution >= 4 is 0 Å². The molecule has 0 heterocycles. The van der Waals surface area contributed by atoms with E-state index in [4.69, 9.17) is 10.00 Å². The predicted molar refractivity (Wildman–Crippen MR) is 78.5 cm³/mol. The van der Waals surface area contributed by atoms with Gasteiger partial charge in [0.15, 0.2) is 0 Å². The van der Waals surface area contributed by atoms with Crippen LogP contribution in [0.2, 0.25) is 0 Å². The first-order chi connectivity index (χ1) is 8.88. The molecule has 0 aliphatic heterocycles. The normalized spacial score (nSPS) is 12.8. The molecule has 0 aliphatic rings. The molecule has 0 spiro atoms. The van der Waals surface area contributed by atoms with Crippen LogP contribution in [0.15, 0.2) is 18.2 Å². The van der Waals surface area contributed by atoms with Crippen LogP contribution in [-0.2, 0) is 5.41 Å². The van der Waals surface area contributed by atoms with Crippen molar-refractivity contribution in [2.24, 2.45) is 0 Å². The summed E-state index contributed by atoms with van der Waals surface area (Å²) in [6.45, 7) is 9.14. The first-order valence-electron chi connectivity index (χ1n) is 6.69. The lowest BCUT2D eigenvalue weighted by atomic mass is 9.86. The van der Waals surface area contributed by atoms with Gasteiger partial charge in [0.1, 0.15) is 5.75 Å². The van der Waals surface area contributed by atoms with Crippen molar-refractivity contribution in [2.45, 2.75) is 45.6 Å². The van der Waals surface area contributed by atoms with E-state index in [1.165, 1.54) is 11.1 Å². The molecule has 3 nitrogen and oxygen atoms in total. The molecule has 0 saturated heterocycles. The Morgan fingerprint density at radius 1 is 1.37 bits per heavy atom. The molecule has 1 rings (SSSR count). The standard InChI is InChI=1S/C16H24N2O/c1-12-6-7-14(16(2,3)4)15(10-12)19-9-8-13(11-17)18-5/h6-7,10,13,18H,8-9H2,1-5H3. The molecule has 0 aromatic heterocycles. The van der Waals surface area contributed by atoms with Crippen molar-refractivity contribution < 1.29 is 4.74 Å². The van der Waals surface area contributed by atoms with Crippen LogP contribution in [0, 0.1) is 18.3 Å².